The summed E-state index contributed by atoms with van der Waals surface area (Å²) in [6, 6.07) is 5.75. The second kappa shape index (κ2) is 17.2. The Morgan fingerprint density at radius 2 is 1.49 bits per heavy atom. The third-order valence-electron chi connectivity index (χ3n) is 4.69. The number of imide groups is 1. The number of carboxylic acids is 1. The van der Waals surface area contributed by atoms with Crippen molar-refractivity contribution in [2.45, 2.75) is 0 Å². The van der Waals surface area contributed by atoms with Gasteiger partial charge in [0.1, 0.15) is 15.3 Å². The average molecular weight is 1010 g/mol. The molecule has 1 aliphatic rings. The Hall–Kier alpha value is -1.23. The summed E-state index contributed by atoms with van der Waals surface area (Å²) in [5, 5.41) is 7.47. The van der Waals surface area contributed by atoms with Gasteiger partial charge >= 0.3 is 11.9 Å². The van der Waals surface area contributed by atoms with Gasteiger partial charge in [-0.15, -0.1) is 17.0 Å². The Bertz CT molecular complexity index is 1500. The van der Waals surface area contributed by atoms with Crippen LogP contribution in [-0.4, -0.2) is 45.9 Å². The number of ether oxygens (including phenoxy) is 1. The van der Waals surface area contributed by atoms with Crippen molar-refractivity contribution in [1.82, 2.24) is 9.97 Å². The molecule has 4 rings (SSSR count). The molecule has 0 saturated heterocycles. The summed E-state index contributed by atoms with van der Waals surface area (Å²) >= 11 is 18.3. The number of benzene rings is 1. The van der Waals surface area contributed by atoms with Gasteiger partial charge in [0.15, 0.2) is 17.2 Å². The Morgan fingerprint density at radius 1 is 1.00 bits per heavy atom. The van der Waals surface area contributed by atoms with E-state index >= 15 is 0 Å². The number of carboxylic acid groups (broad SMARTS) is 1. The molecule has 219 valence electrons. The predicted octanol–water partition coefficient (Wildman–Crippen LogP) is 6.86. The number of carbonyl (C=O) groups is 4. The van der Waals surface area contributed by atoms with E-state index in [1.807, 2.05) is 0 Å². The first-order valence-electron chi connectivity index (χ1n) is 9.61. The molecule has 3 aromatic rings. The zero-order valence-corrected chi connectivity index (χ0v) is 30.1. The number of rotatable bonds is 3. The normalized spacial score (nSPS) is 11.1. The van der Waals surface area contributed by atoms with Crippen molar-refractivity contribution in [3.8, 4) is 0 Å². The van der Waals surface area contributed by atoms with Crippen molar-refractivity contribution < 1.29 is 60.7 Å². The molecular formula is C21H11Br2Cl2F3I2N4O6V. The van der Waals surface area contributed by atoms with Gasteiger partial charge in [0.2, 0.25) is 5.82 Å². The molecule has 2 aromatic heterocycles. The predicted molar refractivity (Wildman–Crippen MR) is 165 cm³/mol. The van der Waals surface area contributed by atoms with Gasteiger partial charge in [-0.2, -0.15) is 8.78 Å². The molecule has 1 radical (unpaired) electrons. The number of methoxy groups -OCH3 is 1. The number of halogens is 9. The molecule has 41 heavy (non-hydrogen) atoms. The Labute approximate surface area is 293 Å². The second-order valence-corrected chi connectivity index (χ2v) is 8.32. The standard InChI is InChI=1S/C15H7ClF2N2O4.C6H3BrClFN2O2.BrH.I2.V/c1-24-15(23)10-8(16)11(9(17)12(18)19-10)20-13(21)6-4-2-3-5-7(6)14(20)22;7-5-2(9)3(10)1(8)4(11-5)6(12)13;;1-2;/h2-5H,1H3;(H2,10,11)(H,12,13);1H;;. The summed E-state index contributed by atoms with van der Waals surface area (Å²) in [6.45, 7) is 0. The summed E-state index contributed by atoms with van der Waals surface area (Å²) in [6.07, 6.45) is 0. The quantitative estimate of drug-likeness (QED) is 0.124. The zero-order chi connectivity index (χ0) is 29.8. The molecule has 0 spiro atoms. The van der Waals surface area contributed by atoms with Gasteiger partial charge in [0.05, 0.1) is 28.9 Å². The molecular weight excluding hydrogens is 997 g/mol. The van der Waals surface area contributed by atoms with Crippen LogP contribution in [0.25, 0.3) is 0 Å². The molecule has 10 nitrogen and oxygen atoms in total. The van der Waals surface area contributed by atoms with Crippen LogP contribution < -0.4 is 10.6 Å². The molecule has 0 unspecified atom stereocenters. The SMILES string of the molecule is Br.COC(=O)c1nc(F)c(F)c(N2C(=O)c3ccccc3C2=O)c1Cl.II.Nc1c(F)c(Br)nc(C(=O)O)c1Cl.[V]. The van der Waals surface area contributed by atoms with Crippen LogP contribution in [0.3, 0.4) is 0 Å². The number of esters is 1. The number of hydrogen-bond acceptors (Lipinski definition) is 8. The van der Waals surface area contributed by atoms with Crippen LogP contribution in [0.1, 0.15) is 41.7 Å². The number of amides is 2. The molecule has 1 aliphatic heterocycles. The van der Waals surface area contributed by atoms with Crippen LogP contribution in [0.4, 0.5) is 24.5 Å². The molecule has 3 N–H and O–H groups in total. The van der Waals surface area contributed by atoms with Crippen molar-refractivity contribution in [2.24, 2.45) is 0 Å². The minimum atomic E-state index is -1.69. The smallest absolute Gasteiger partial charge is 0.358 e. The van der Waals surface area contributed by atoms with Gasteiger partial charge in [0, 0.05) is 55.8 Å². The van der Waals surface area contributed by atoms with Crippen LogP contribution in [0.2, 0.25) is 10.0 Å². The molecule has 1 aromatic carbocycles. The van der Waals surface area contributed by atoms with E-state index in [9.17, 15) is 32.3 Å². The maximum absolute atomic E-state index is 14.2. The van der Waals surface area contributed by atoms with Crippen LogP contribution >= 0.6 is 93.3 Å². The Morgan fingerprint density at radius 3 is 1.93 bits per heavy atom. The number of nitrogens with two attached hydrogens (primary N) is 1. The van der Waals surface area contributed by atoms with Gasteiger partial charge < -0.3 is 15.6 Å². The molecule has 0 aliphatic carbocycles. The van der Waals surface area contributed by atoms with E-state index < -0.39 is 74.1 Å². The molecule has 0 saturated carbocycles. The minimum absolute atomic E-state index is 0. The molecule has 0 fully saturated rings. The van der Waals surface area contributed by atoms with Crippen molar-refractivity contribution in [1.29, 1.82) is 0 Å². The summed E-state index contributed by atoms with van der Waals surface area (Å²) in [5.41, 5.74) is 2.67. The second-order valence-electron chi connectivity index (χ2n) is 6.81. The number of anilines is 2. The number of nitrogens with zero attached hydrogens (tertiary/aromatic N) is 3. The van der Waals surface area contributed by atoms with E-state index in [2.05, 4.69) is 67.9 Å². The van der Waals surface area contributed by atoms with E-state index in [0.29, 0.717) is 4.90 Å². The van der Waals surface area contributed by atoms with Gasteiger partial charge in [0.25, 0.3) is 17.8 Å². The van der Waals surface area contributed by atoms with Crippen molar-refractivity contribution in [3.05, 3.63) is 79.0 Å². The van der Waals surface area contributed by atoms with Crippen LogP contribution in [-0.2, 0) is 23.3 Å². The maximum Gasteiger partial charge on any atom is 0.358 e. The van der Waals surface area contributed by atoms with Gasteiger partial charge in [-0.25, -0.2) is 28.8 Å². The van der Waals surface area contributed by atoms with E-state index in [1.165, 1.54) is 24.3 Å². The topological polar surface area (TPSA) is 153 Å². The molecule has 20 heteroatoms. The van der Waals surface area contributed by atoms with E-state index in [1.54, 1.807) is 0 Å². The fourth-order valence-electron chi connectivity index (χ4n) is 3.00. The van der Waals surface area contributed by atoms with E-state index in [-0.39, 0.29) is 51.3 Å². The van der Waals surface area contributed by atoms with Gasteiger partial charge in [-0.05, 0) is 28.1 Å². The van der Waals surface area contributed by atoms with E-state index in [0.717, 1.165) is 7.11 Å². The van der Waals surface area contributed by atoms with Crippen molar-refractivity contribution in [3.63, 3.8) is 0 Å². The number of aromatic nitrogens is 2. The van der Waals surface area contributed by atoms with Crippen LogP contribution in [0, 0.1) is 17.6 Å². The minimum Gasteiger partial charge on any atom is -0.476 e. The van der Waals surface area contributed by atoms with Crippen molar-refractivity contribution >= 4 is 128 Å². The molecule has 0 bridgehead atoms. The summed E-state index contributed by atoms with van der Waals surface area (Å²) in [4.78, 5) is 53.7. The fraction of sp³-hybridized carbons (Fsp3) is 0.0476. The number of pyridine rings is 2. The first-order valence-corrected chi connectivity index (χ1v) is 17.4. The number of hydrogen-bond donors (Lipinski definition) is 2. The van der Waals surface area contributed by atoms with Crippen LogP contribution in [0.15, 0.2) is 28.9 Å². The first-order chi connectivity index (χ1) is 18.3. The number of nitrogen functional groups attached to an aromatic ring is 1. The van der Waals surface area contributed by atoms with Crippen molar-refractivity contribution in [2.75, 3.05) is 17.7 Å². The summed E-state index contributed by atoms with van der Waals surface area (Å²) in [5.74, 6) is -8.46. The third kappa shape index (κ3) is 8.24. The van der Waals surface area contributed by atoms with Crippen LogP contribution in [0.5, 0.6) is 0 Å². The first kappa shape index (κ1) is 39.8. The largest absolute Gasteiger partial charge is 0.476 e. The number of carbonyl (C=O) groups excluding carboxylic acids is 3. The maximum atomic E-state index is 14.2. The molecule has 2 amide bonds. The van der Waals surface area contributed by atoms with Gasteiger partial charge in [-0.1, -0.05) is 35.3 Å². The Balaban J connectivity index is 0.000000808. The number of aromatic carboxylic acids is 1. The van der Waals surface area contributed by atoms with Gasteiger partial charge in [-0.3, -0.25) is 9.59 Å². The molecule has 3 heterocycles. The fourth-order valence-corrected chi connectivity index (χ4v) is 3.88. The summed E-state index contributed by atoms with van der Waals surface area (Å²) < 4.78 is 45.0. The molecule has 0 atom stereocenters. The number of fused-ring (bicyclic) bond motifs is 1. The monoisotopic (exact) mass is 1000 g/mol. The Kier molecular flexibility index (Phi) is 16.7. The average Bonchev–Trinajstić information content (AvgIpc) is 3.18. The third-order valence-corrected chi connectivity index (χ3v) is 5.95. The zero-order valence-electron chi connectivity index (χ0n) is 19.6. The van der Waals surface area contributed by atoms with E-state index in [4.69, 9.17) is 34.0 Å². The summed E-state index contributed by atoms with van der Waals surface area (Å²) in [7, 11) is 0.989.